The highest BCUT2D eigenvalue weighted by molar-refractivity contribution is 7.98. The number of aromatic nitrogens is 2. The molecule has 1 aliphatic rings. The Morgan fingerprint density at radius 2 is 2.14 bits per heavy atom. The summed E-state index contributed by atoms with van der Waals surface area (Å²) in [5, 5.41) is 13.0. The maximum absolute atomic E-state index is 11.0. The standard InChI is InChI=1S/C15H16N2O3S/c18-15(19)11-7-6-10(8-11)14-16-13(17-20-14)9-21-12-4-2-1-3-5-12/h1-5,10-11H,6-9H2,(H,18,19). The molecule has 21 heavy (non-hydrogen) atoms. The number of hydrogen-bond acceptors (Lipinski definition) is 5. The van der Waals surface area contributed by atoms with Crippen molar-refractivity contribution in [2.24, 2.45) is 5.92 Å². The van der Waals surface area contributed by atoms with Gasteiger partial charge in [0.2, 0.25) is 5.89 Å². The van der Waals surface area contributed by atoms with Gasteiger partial charge in [0.15, 0.2) is 5.82 Å². The van der Waals surface area contributed by atoms with Crippen molar-refractivity contribution in [3.05, 3.63) is 42.0 Å². The van der Waals surface area contributed by atoms with Crippen LogP contribution < -0.4 is 0 Å². The minimum atomic E-state index is -0.725. The molecule has 0 amide bonds. The lowest BCUT2D eigenvalue weighted by Crippen LogP contribution is -2.09. The first-order chi connectivity index (χ1) is 10.2. The fourth-order valence-electron chi connectivity index (χ4n) is 2.59. The molecule has 110 valence electrons. The number of benzene rings is 1. The number of carbonyl (C=O) groups is 1. The molecule has 2 atom stereocenters. The fraction of sp³-hybridized carbons (Fsp3) is 0.400. The Balaban J connectivity index is 1.58. The van der Waals surface area contributed by atoms with Crippen molar-refractivity contribution in [2.75, 3.05) is 0 Å². The van der Waals surface area contributed by atoms with E-state index in [-0.39, 0.29) is 11.8 Å². The summed E-state index contributed by atoms with van der Waals surface area (Å²) in [7, 11) is 0. The van der Waals surface area contributed by atoms with Crippen LogP contribution in [0.25, 0.3) is 0 Å². The highest BCUT2D eigenvalue weighted by Crippen LogP contribution is 2.37. The van der Waals surface area contributed by atoms with Crippen LogP contribution in [0.3, 0.4) is 0 Å². The summed E-state index contributed by atoms with van der Waals surface area (Å²) in [6.07, 6.45) is 2.10. The molecule has 1 aromatic heterocycles. The topological polar surface area (TPSA) is 76.2 Å². The number of carboxylic acid groups (broad SMARTS) is 1. The molecular formula is C15H16N2O3S. The number of rotatable bonds is 5. The zero-order valence-electron chi connectivity index (χ0n) is 11.4. The van der Waals surface area contributed by atoms with Gasteiger partial charge in [0.05, 0.1) is 11.7 Å². The van der Waals surface area contributed by atoms with Crippen molar-refractivity contribution in [3.63, 3.8) is 0 Å². The lowest BCUT2D eigenvalue weighted by atomic mass is 10.1. The van der Waals surface area contributed by atoms with Crippen molar-refractivity contribution in [2.45, 2.75) is 35.8 Å². The van der Waals surface area contributed by atoms with Crippen LogP contribution in [0.2, 0.25) is 0 Å². The SMILES string of the molecule is O=C(O)C1CCC(c2nc(CSc3ccccc3)no2)C1. The molecule has 1 heterocycles. The van der Waals surface area contributed by atoms with E-state index in [2.05, 4.69) is 10.1 Å². The summed E-state index contributed by atoms with van der Waals surface area (Å²) in [5.41, 5.74) is 0. The van der Waals surface area contributed by atoms with Crippen LogP contribution in [0.4, 0.5) is 0 Å². The normalized spacial score (nSPS) is 21.5. The molecule has 0 saturated heterocycles. The molecule has 0 radical (unpaired) electrons. The first-order valence-corrected chi connectivity index (χ1v) is 7.94. The van der Waals surface area contributed by atoms with Crippen LogP contribution in [0.1, 0.15) is 36.9 Å². The molecule has 1 fully saturated rings. The van der Waals surface area contributed by atoms with Gasteiger partial charge in [0.25, 0.3) is 0 Å². The van der Waals surface area contributed by atoms with Gasteiger partial charge in [-0.3, -0.25) is 4.79 Å². The average Bonchev–Trinajstić information content (AvgIpc) is 3.15. The minimum Gasteiger partial charge on any atom is -0.481 e. The van der Waals surface area contributed by atoms with Gasteiger partial charge < -0.3 is 9.63 Å². The van der Waals surface area contributed by atoms with Gasteiger partial charge in [0, 0.05) is 10.8 Å². The van der Waals surface area contributed by atoms with Crippen molar-refractivity contribution >= 4 is 17.7 Å². The first kappa shape index (κ1) is 14.1. The van der Waals surface area contributed by atoms with E-state index in [0.29, 0.717) is 30.3 Å². The van der Waals surface area contributed by atoms with E-state index in [9.17, 15) is 4.79 Å². The molecule has 2 aromatic rings. The summed E-state index contributed by atoms with van der Waals surface area (Å²) in [5.74, 6) is 0.998. The summed E-state index contributed by atoms with van der Waals surface area (Å²) < 4.78 is 5.30. The highest BCUT2D eigenvalue weighted by Gasteiger charge is 2.33. The highest BCUT2D eigenvalue weighted by atomic mass is 32.2. The third-order valence-electron chi connectivity index (χ3n) is 3.73. The Bertz CT molecular complexity index is 614. The predicted octanol–water partition coefficient (Wildman–Crippen LogP) is 3.33. The van der Waals surface area contributed by atoms with Crippen LogP contribution in [-0.2, 0) is 10.5 Å². The van der Waals surface area contributed by atoms with E-state index in [1.54, 1.807) is 11.8 Å². The van der Waals surface area contributed by atoms with E-state index in [0.717, 1.165) is 11.3 Å². The molecule has 0 bridgehead atoms. The van der Waals surface area contributed by atoms with Crippen LogP contribution >= 0.6 is 11.8 Å². The third kappa shape index (κ3) is 3.44. The van der Waals surface area contributed by atoms with Crippen molar-refractivity contribution < 1.29 is 14.4 Å². The van der Waals surface area contributed by atoms with Crippen LogP contribution in [0, 0.1) is 5.92 Å². The van der Waals surface area contributed by atoms with Crippen LogP contribution in [0.5, 0.6) is 0 Å². The van der Waals surface area contributed by atoms with Gasteiger partial charge in [-0.05, 0) is 31.4 Å². The van der Waals surface area contributed by atoms with Crippen molar-refractivity contribution in [1.29, 1.82) is 0 Å². The first-order valence-electron chi connectivity index (χ1n) is 6.95. The molecule has 5 nitrogen and oxygen atoms in total. The Hall–Kier alpha value is -1.82. The van der Waals surface area contributed by atoms with Gasteiger partial charge in [-0.15, -0.1) is 11.8 Å². The molecule has 1 saturated carbocycles. The smallest absolute Gasteiger partial charge is 0.306 e. The fourth-order valence-corrected chi connectivity index (χ4v) is 3.35. The average molecular weight is 304 g/mol. The second-order valence-corrected chi connectivity index (χ2v) is 6.24. The molecule has 1 N–H and O–H groups in total. The lowest BCUT2D eigenvalue weighted by Gasteiger charge is -2.02. The van der Waals surface area contributed by atoms with Crippen molar-refractivity contribution in [3.8, 4) is 0 Å². The number of thioether (sulfide) groups is 1. The quantitative estimate of drug-likeness (QED) is 0.854. The monoisotopic (exact) mass is 304 g/mol. The molecule has 6 heteroatoms. The number of nitrogens with zero attached hydrogens (tertiary/aromatic N) is 2. The van der Waals surface area contributed by atoms with Crippen LogP contribution in [-0.4, -0.2) is 21.2 Å². The maximum Gasteiger partial charge on any atom is 0.306 e. The third-order valence-corrected chi connectivity index (χ3v) is 4.73. The summed E-state index contributed by atoms with van der Waals surface area (Å²) in [4.78, 5) is 16.5. The largest absolute Gasteiger partial charge is 0.481 e. The molecule has 0 spiro atoms. The van der Waals surface area contributed by atoms with Gasteiger partial charge in [-0.25, -0.2) is 0 Å². The summed E-state index contributed by atoms with van der Waals surface area (Å²) >= 11 is 1.66. The second kappa shape index (κ2) is 6.30. The summed E-state index contributed by atoms with van der Waals surface area (Å²) in [6, 6.07) is 10.1. The molecule has 1 aromatic carbocycles. The molecule has 0 aliphatic heterocycles. The Labute approximate surface area is 126 Å². The van der Waals surface area contributed by atoms with Gasteiger partial charge >= 0.3 is 5.97 Å². The van der Waals surface area contributed by atoms with E-state index in [1.807, 2.05) is 30.3 Å². The molecule has 1 aliphatic carbocycles. The van der Waals surface area contributed by atoms with Gasteiger partial charge in [0.1, 0.15) is 0 Å². The lowest BCUT2D eigenvalue weighted by molar-refractivity contribution is -0.141. The zero-order chi connectivity index (χ0) is 14.7. The van der Waals surface area contributed by atoms with Crippen LogP contribution in [0.15, 0.2) is 39.8 Å². The summed E-state index contributed by atoms with van der Waals surface area (Å²) in [6.45, 7) is 0. The Kier molecular flexibility index (Phi) is 4.24. The second-order valence-electron chi connectivity index (χ2n) is 5.20. The van der Waals surface area contributed by atoms with E-state index in [1.165, 1.54) is 0 Å². The number of aliphatic carboxylic acids is 1. The predicted molar refractivity (Wildman–Crippen MR) is 78.0 cm³/mol. The van der Waals surface area contributed by atoms with Gasteiger partial charge in [-0.1, -0.05) is 23.4 Å². The Morgan fingerprint density at radius 3 is 2.86 bits per heavy atom. The number of hydrogen-bond donors (Lipinski definition) is 1. The zero-order valence-corrected chi connectivity index (χ0v) is 12.3. The molecule has 2 unspecified atom stereocenters. The van der Waals surface area contributed by atoms with E-state index >= 15 is 0 Å². The van der Waals surface area contributed by atoms with E-state index in [4.69, 9.17) is 9.63 Å². The van der Waals surface area contributed by atoms with E-state index < -0.39 is 5.97 Å². The molecule has 3 rings (SSSR count). The minimum absolute atomic E-state index is 0.0917. The number of carboxylic acids is 1. The van der Waals surface area contributed by atoms with Crippen molar-refractivity contribution in [1.82, 2.24) is 10.1 Å². The Morgan fingerprint density at radius 1 is 1.33 bits per heavy atom. The van der Waals surface area contributed by atoms with Gasteiger partial charge in [-0.2, -0.15) is 4.98 Å². The maximum atomic E-state index is 11.0. The molecular weight excluding hydrogens is 288 g/mol.